The first-order valence-electron chi connectivity index (χ1n) is 7.59. The number of carbonyl (C=O) groups is 1. The molecule has 25 heavy (non-hydrogen) atoms. The van der Waals surface area contributed by atoms with Crippen LogP contribution in [0.3, 0.4) is 0 Å². The summed E-state index contributed by atoms with van der Waals surface area (Å²) in [7, 11) is 0. The summed E-state index contributed by atoms with van der Waals surface area (Å²) in [4.78, 5) is 27.1. The van der Waals surface area contributed by atoms with E-state index in [-0.39, 0.29) is 11.3 Å². The number of hydrogen-bond acceptors (Lipinski definition) is 5. The van der Waals surface area contributed by atoms with Crippen molar-refractivity contribution < 1.29 is 9.53 Å². The molecular formula is C18H16N4O3. The van der Waals surface area contributed by atoms with Gasteiger partial charge >= 0.3 is 0 Å². The fourth-order valence-electron chi connectivity index (χ4n) is 2.08. The lowest BCUT2D eigenvalue weighted by molar-refractivity contribution is 0.102. The SMILES string of the molecule is Cc1ccc(Oc2ccc(NC(=O)c3ccc(=O)[nH]n3)cn2)cc1C. The van der Waals surface area contributed by atoms with Crippen molar-refractivity contribution in [1.29, 1.82) is 0 Å². The Balaban J connectivity index is 1.67. The van der Waals surface area contributed by atoms with Crippen molar-refractivity contribution in [2.75, 3.05) is 5.32 Å². The molecule has 2 N–H and O–H groups in total. The first-order valence-corrected chi connectivity index (χ1v) is 7.59. The predicted octanol–water partition coefficient (Wildman–Crippen LogP) is 2.83. The van der Waals surface area contributed by atoms with Gasteiger partial charge in [-0.15, -0.1) is 0 Å². The van der Waals surface area contributed by atoms with Gasteiger partial charge in [-0.25, -0.2) is 10.1 Å². The number of nitrogens with one attached hydrogen (secondary N) is 2. The summed E-state index contributed by atoms with van der Waals surface area (Å²) < 4.78 is 5.70. The van der Waals surface area contributed by atoms with Crippen LogP contribution in [-0.2, 0) is 0 Å². The molecule has 1 aromatic carbocycles. The predicted molar refractivity (Wildman–Crippen MR) is 93.0 cm³/mol. The van der Waals surface area contributed by atoms with E-state index >= 15 is 0 Å². The number of aromatic nitrogens is 3. The van der Waals surface area contributed by atoms with E-state index in [9.17, 15) is 9.59 Å². The molecule has 126 valence electrons. The van der Waals surface area contributed by atoms with Gasteiger partial charge < -0.3 is 10.1 Å². The van der Waals surface area contributed by atoms with Crippen LogP contribution in [0.15, 0.2) is 53.5 Å². The maximum absolute atomic E-state index is 12.0. The fourth-order valence-corrected chi connectivity index (χ4v) is 2.08. The number of anilines is 1. The molecule has 0 unspecified atom stereocenters. The van der Waals surface area contributed by atoms with Crippen LogP contribution in [-0.4, -0.2) is 21.1 Å². The van der Waals surface area contributed by atoms with Crippen LogP contribution in [0, 0.1) is 13.8 Å². The molecule has 0 bridgehead atoms. The van der Waals surface area contributed by atoms with Crippen LogP contribution in [0.5, 0.6) is 11.6 Å². The van der Waals surface area contributed by atoms with E-state index in [4.69, 9.17) is 4.74 Å². The highest BCUT2D eigenvalue weighted by molar-refractivity contribution is 6.02. The van der Waals surface area contributed by atoms with Crippen molar-refractivity contribution >= 4 is 11.6 Å². The van der Waals surface area contributed by atoms with Gasteiger partial charge in [0.1, 0.15) is 11.4 Å². The molecule has 0 aliphatic heterocycles. The third kappa shape index (κ3) is 4.08. The van der Waals surface area contributed by atoms with Crippen LogP contribution in [0.4, 0.5) is 5.69 Å². The van der Waals surface area contributed by atoms with E-state index in [1.54, 1.807) is 12.1 Å². The highest BCUT2D eigenvalue weighted by atomic mass is 16.5. The molecule has 0 radical (unpaired) electrons. The van der Waals surface area contributed by atoms with Gasteiger partial charge in [0.2, 0.25) is 5.88 Å². The van der Waals surface area contributed by atoms with Crippen molar-refractivity contribution in [2.24, 2.45) is 0 Å². The number of ether oxygens (including phenoxy) is 1. The van der Waals surface area contributed by atoms with E-state index in [0.29, 0.717) is 17.3 Å². The van der Waals surface area contributed by atoms with E-state index in [0.717, 1.165) is 5.56 Å². The van der Waals surface area contributed by atoms with E-state index in [1.165, 1.54) is 23.9 Å². The second kappa shape index (κ2) is 6.96. The monoisotopic (exact) mass is 336 g/mol. The molecule has 2 aromatic heterocycles. The molecule has 3 rings (SSSR count). The molecule has 7 heteroatoms. The minimum atomic E-state index is -0.444. The lowest BCUT2D eigenvalue weighted by Gasteiger charge is -2.08. The van der Waals surface area contributed by atoms with Gasteiger partial charge in [-0.1, -0.05) is 6.07 Å². The molecular weight excluding hydrogens is 320 g/mol. The average molecular weight is 336 g/mol. The third-order valence-electron chi connectivity index (χ3n) is 3.61. The first kappa shape index (κ1) is 16.4. The Morgan fingerprint density at radius 1 is 1.08 bits per heavy atom. The largest absolute Gasteiger partial charge is 0.439 e. The normalized spacial score (nSPS) is 10.3. The van der Waals surface area contributed by atoms with Crippen LogP contribution in [0.25, 0.3) is 0 Å². The topological polar surface area (TPSA) is 97.0 Å². The van der Waals surface area contributed by atoms with Crippen molar-refractivity contribution in [2.45, 2.75) is 13.8 Å². The quantitative estimate of drug-likeness (QED) is 0.763. The summed E-state index contributed by atoms with van der Waals surface area (Å²) in [5.41, 5.74) is 2.55. The molecule has 0 spiro atoms. The van der Waals surface area contributed by atoms with Crippen LogP contribution < -0.4 is 15.6 Å². The number of pyridine rings is 1. The first-order chi connectivity index (χ1) is 12.0. The van der Waals surface area contributed by atoms with Gasteiger partial charge in [-0.3, -0.25) is 9.59 Å². The Kier molecular flexibility index (Phi) is 4.56. The zero-order valence-corrected chi connectivity index (χ0v) is 13.7. The van der Waals surface area contributed by atoms with Crippen molar-refractivity contribution in [1.82, 2.24) is 15.2 Å². The molecule has 2 heterocycles. The lowest BCUT2D eigenvalue weighted by atomic mass is 10.1. The second-order valence-electron chi connectivity index (χ2n) is 5.49. The summed E-state index contributed by atoms with van der Waals surface area (Å²) in [5, 5.41) is 8.52. The third-order valence-corrected chi connectivity index (χ3v) is 3.61. The smallest absolute Gasteiger partial charge is 0.276 e. The van der Waals surface area contributed by atoms with Gasteiger partial charge in [0.25, 0.3) is 11.5 Å². The van der Waals surface area contributed by atoms with Gasteiger partial charge in [-0.05, 0) is 49.2 Å². The zero-order chi connectivity index (χ0) is 17.8. The second-order valence-corrected chi connectivity index (χ2v) is 5.49. The number of amides is 1. The van der Waals surface area contributed by atoms with Crippen molar-refractivity contribution in [3.63, 3.8) is 0 Å². The number of aryl methyl sites for hydroxylation is 2. The Morgan fingerprint density at radius 2 is 1.92 bits per heavy atom. The Labute approximate surface area is 143 Å². The Bertz CT molecular complexity index is 944. The highest BCUT2D eigenvalue weighted by Crippen LogP contribution is 2.23. The maximum atomic E-state index is 12.0. The Hall–Kier alpha value is -3.48. The van der Waals surface area contributed by atoms with Crippen molar-refractivity contribution in [3.05, 3.63) is 75.8 Å². The molecule has 0 atom stereocenters. The number of carbonyl (C=O) groups excluding carboxylic acids is 1. The average Bonchev–Trinajstić information content (AvgIpc) is 2.60. The number of hydrogen-bond donors (Lipinski definition) is 2. The summed E-state index contributed by atoms with van der Waals surface area (Å²) in [6.07, 6.45) is 1.49. The van der Waals surface area contributed by atoms with Crippen molar-refractivity contribution in [3.8, 4) is 11.6 Å². The number of nitrogens with zero attached hydrogens (tertiary/aromatic N) is 2. The minimum absolute atomic E-state index is 0.107. The van der Waals surface area contributed by atoms with Gasteiger partial charge in [0.05, 0.1) is 11.9 Å². The van der Waals surface area contributed by atoms with Crippen LogP contribution in [0.1, 0.15) is 21.6 Å². The zero-order valence-electron chi connectivity index (χ0n) is 13.7. The lowest BCUT2D eigenvalue weighted by Crippen LogP contribution is -2.17. The molecule has 0 fully saturated rings. The fraction of sp³-hybridized carbons (Fsp3) is 0.111. The van der Waals surface area contributed by atoms with E-state index < -0.39 is 5.91 Å². The standard InChI is InChI=1S/C18H16N4O3/c1-11-3-5-14(9-12(11)2)25-17-8-4-13(10-19-17)20-18(24)15-6-7-16(23)22-21-15/h3-10H,1-2H3,(H,20,24)(H,22,23). The number of benzene rings is 1. The number of aromatic amines is 1. The summed E-state index contributed by atoms with van der Waals surface area (Å²) in [5.74, 6) is 0.675. The Morgan fingerprint density at radius 3 is 2.56 bits per heavy atom. The number of rotatable bonds is 4. The number of H-pyrrole nitrogens is 1. The molecule has 7 nitrogen and oxygen atoms in total. The van der Waals surface area contributed by atoms with E-state index in [1.807, 2.05) is 32.0 Å². The summed E-state index contributed by atoms with van der Waals surface area (Å²) in [6, 6.07) is 11.7. The maximum Gasteiger partial charge on any atom is 0.276 e. The van der Waals surface area contributed by atoms with Gasteiger partial charge in [0, 0.05) is 12.1 Å². The van der Waals surface area contributed by atoms with E-state index in [2.05, 4.69) is 20.5 Å². The van der Waals surface area contributed by atoms with Gasteiger partial charge in [-0.2, -0.15) is 5.10 Å². The van der Waals surface area contributed by atoms with Crippen LogP contribution in [0.2, 0.25) is 0 Å². The van der Waals surface area contributed by atoms with Gasteiger partial charge in [0.15, 0.2) is 0 Å². The molecule has 0 aliphatic carbocycles. The molecule has 0 saturated heterocycles. The summed E-state index contributed by atoms with van der Waals surface area (Å²) >= 11 is 0. The molecule has 0 saturated carbocycles. The highest BCUT2D eigenvalue weighted by Gasteiger charge is 2.08. The van der Waals surface area contributed by atoms with Crippen LogP contribution >= 0.6 is 0 Å². The minimum Gasteiger partial charge on any atom is -0.439 e. The molecule has 0 aliphatic rings. The summed E-state index contributed by atoms with van der Waals surface area (Å²) in [6.45, 7) is 4.05. The molecule has 1 amide bonds. The molecule has 3 aromatic rings.